The maximum atomic E-state index is 4.70. The fraction of sp³-hybridized carbons (Fsp3) is 0.571. The Kier molecular flexibility index (Phi) is 2.97. The third-order valence-electron chi connectivity index (χ3n) is 4.27. The number of aromatic nitrogens is 2. The Morgan fingerprint density at radius 2 is 1.16 bits per heavy atom. The number of nitrogens with zero attached hydrogens (tertiary/aromatic N) is 4. The van der Waals surface area contributed by atoms with Crippen LogP contribution in [0.5, 0.6) is 0 Å². The summed E-state index contributed by atoms with van der Waals surface area (Å²) < 4.78 is 9.41. The van der Waals surface area contributed by atoms with E-state index in [0.717, 1.165) is 0 Å². The minimum atomic E-state index is 0.0621. The van der Waals surface area contributed by atoms with E-state index in [1.807, 2.05) is 0 Å². The Morgan fingerprint density at radius 3 is 1.58 bits per heavy atom. The van der Waals surface area contributed by atoms with Crippen LogP contribution in [0.15, 0.2) is 12.1 Å². The van der Waals surface area contributed by atoms with E-state index in [-0.39, 0.29) is 15.0 Å². The van der Waals surface area contributed by atoms with Crippen LogP contribution in [0.4, 0.5) is 11.4 Å². The first-order valence-electron chi connectivity index (χ1n) is 7.19. The predicted molar refractivity (Wildman–Crippen MR) is 79.4 cm³/mol. The van der Waals surface area contributed by atoms with Crippen molar-refractivity contribution in [2.75, 3.05) is 36.0 Å². The van der Waals surface area contributed by atoms with Gasteiger partial charge in [-0.1, -0.05) is 0 Å². The molecule has 0 atom stereocenters. The van der Waals surface area contributed by atoms with Crippen molar-refractivity contribution in [2.24, 2.45) is 0 Å². The summed E-state index contributed by atoms with van der Waals surface area (Å²) >= 11 is 0.0621. The molecule has 2 fully saturated rings. The van der Waals surface area contributed by atoms with E-state index in [4.69, 9.17) is 7.96 Å². The van der Waals surface area contributed by atoms with Crippen LogP contribution in [0.3, 0.4) is 0 Å². The third-order valence-corrected chi connectivity index (χ3v) is 5.38. The molecular weight excluding hydrogens is 303 g/mol. The number of rotatable bonds is 2. The average molecular weight is 321 g/mol. The van der Waals surface area contributed by atoms with Gasteiger partial charge in [-0.15, -0.1) is 0 Å². The monoisotopic (exact) mass is 322 g/mol. The van der Waals surface area contributed by atoms with Gasteiger partial charge in [-0.2, -0.15) is 0 Å². The molecule has 0 amide bonds. The van der Waals surface area contributed by atoms with Crippen LogP contribution >= 0.6 is 0 Å². The van der Waals surface area contributed by atoms with E-state index in [2.05, 4.69) is 21.9 Å². The zero-order chi connectivity index (χ0) is 12.7. The SMILES string of the molecule is c1cc(N2CCCC2)c2n[se]nc2c1N1CCCC1. The molecule has 4 nitrogen and oxygen atoms in total. The Bertz CT molecular complexity index is 532. The van der Waals surface area contributed by atoms with Crippen LogP contribution in [0, 0.1) is 0 Å². The molecule has 0 unspecified atom stereocenters. The average Bonchev–Trinajstić information content (AvgIpc) is 3.19. The number of hydrogen-bond acceptors (Lipinski definition) is 4. The van der Waals surface area contributed by atoms with Gasteiger partial charge >= 0.3 is 119 Å². The van der Waals surface area contributed by atoms with Crippen LogP contribution < -0.4 is 9.80 Å². The van der Waals surface area contributed by atoms with Crippen molar-refractivity contribution in [3.05, 3.63) is 12.1 Å². The molecule has 19 heavy (non-hydrogen) atoms. The minimum absolute atomic E-state index is 0.0621. The topological polar surface area (TPSA) is 32.3 Å². The zero-order valence-corrected chi connectivity index (χ0v) is 12.7. The van der Waals surface area contributed by atoms with Gasteiger partial charge in [0.1, 0.15) is 0 Å². The Hall–Kier alpha value is -1.06. The molecular formula is C14H18N4Se. The molecule has 4 rings (SSSR count). The van der Waals surface area contributed by atoms with Gasteiger partial charge in [-0.3, -0.25) is 0 Å². The summed E-state index contributed by atoms with van der Waals surface area (Å²) in [6.07, 6.45) is 5.24. The second-order valence-corrected chi connectivity index (χ2v) is 6.56. The summed E-state index contributed by atoms with van der Waals surface area (Å²) in [5, 5.41) is 0. The molecule has 5 heteroatoms. The van der Waals surface area contributed by atoms with Gasteiger partial charge < -0.3 is 0 Å². The van der Waals surface area contributed by atoms with Crippen LogP contribution in [-0.4, -0.2) is 49.1 Å². The number of hydrogen-bond donors (Lipinski definition) is 0. The van der Waals surface area contributed by atoms with Crippen molar-refractivity contribution in [1.82, 2.24) is 7.96 Å². The van der Waals surface area contributed by atoms with Gasteiger partial charge in [0.15, 0.2) is 0 Å². The summed E-state index contributed by atoms with van der Waals surface area (Å²) in [5.41, 5.74) is 4.98. The number of benzene rings is 1. The van der Waals surface area contributed by atoms with Crippen LogP contribution in [0.1, 0.15) is 25.7 Å². The Morgan fingerprint density at radius 1 is 0.737 bits per heavy atom. The van der Waals surface area contributed by atoms with Crippen molar-refractivity contribution in [3.8, 4) is 0 Å². The van der Waals surface area contributed by atoms with Gasteiger partial charge in [-0.25, -0.2) is 0 Å². The van der Waals surface area contributed by atoms with Crippen molar-refractivity contribution in [1.29, 1.82) is 0 Å². The molecule has 0 saturated carbocycles. The number of fused-ring (bicyclic) bond motifs is 1. The van der Waals surface area contributed by atoms with Gasteiger partial charge in [0.2, 0.25) is 0 Å². The zero-order valence-electron chi connectivity index (χ0n) is 11.0. The molecule has 1 aromatic carbocycles. The van der Waals surface area contributed by atoms with Crippen molar-refractivity contribution in [3.63, 3.8) is 0 Å². The standard InChI is InChI=1S/C14H18N4Se/c1-2-8-17(7-1)11-5-6-12(18-9-3-4-10-18)14-13(11)15-19-16-14/h5-6H,1-4,7-10H2. The fourth-order valence-electron chi connectivity index (χ4n) is 3.27. The number of anilines is 2. The molecule has 0 spiro atoms. The van der Waals surface area contributed by atoms with E-state index in [0.29, 0.717) is 0 Å². The summed E-state index contributed by atoms with van der Waals surface area (Å²) in [5.74, 6) is 0. The molecule has 2 aliphatic heterocycles. The van der Waals surface area contributed by atoms with E-state index >= 15 is 0 Å². The third kappa shape index (κ3) is 1.96. The van der Waals surface area contributed by atoms with Gasteiger partial charge in [0, 0.05) is 0 Å². The van der Waals surface area contributed by atoms with E-state index in [9.17, 15) is 0 Å². The molecule has 2 aliphatic rings. The molecule has 3 heterocycles. The van der Waals surface area contributed by atoms with Gasteiger partial charge in [0.25, 0.3) is 0 Å². The van der Waals surface area contributed by atoms with E-state index in [1.165, 1.54) is 74.3 Å². The van der Waals surface area contributed by atoms with Crippen molar-refractivity contribution in [2.45, 2.75) is 25.7 Å². The second kappa shape index (κ2) is 4.80. The second-order valence-electron chi connectivity index (χ2n) is 5.45. The summed E-state index contributed by atoms with van der Waals surface area (Å²) in [7, 11) is 0. The fourth-order valence-corrected chi connectivity index (χ4v) is 4.45. The quantitative estimate of drug-likeness (QED) is 0.791. The first kappa shape index (κ1) is 11.7. The molecule has 100 valence electrons. The normalized spacial score (nSPS) is 19.8. The van der Waals surface area contributed by atoms with Gasteiger partial charge in [-0.05, 0) is 0 Å². The molecule has 1 aromatic heterocycles. The summed E-state index contributed by atoms with van der Waals surface area (Å²) in [6.45, 7) is 4.71. The van der Waals surface area contributed by atoms with E-state index < -0.39 is 0 Å². The molecule has 0 bridgehead atoms. The molecule has 2 saturated heterocycles. The molecule has 0 radical (unpaired) electrons. The van der Waals surface area contributed by atoms with Crippen LogP contribution in [0.2, 0.25) is 0 Å². The summed E-state index contributed by atoms with van der Waals surface area (Å²) in [6, 6.07) is 4.55. The van der Waals surface area contributed by atoms with Crippen molar-refractivity contribution < 1.29 is 0 Å². The predicted octanol–water partition coefficient (Wildman–Crippen LogP) is 1.89. The summed E-state index contributed by atoms with van der Waals surface area (Å²) in [4.78, 5) is 4.96. The molecule has 0 aliphatic carbocycles. The maximum absolute atomic E-state index is 4.70. The van der Waals surface area contributed by atoms with E-state index in [1.54, 1.807) is 0 Å². The first-order valence-corrected chi connectivity index (χ1v) is 8.72. The Labute approximate surface area is 119 Å². The molecule has 2 aromatic rings. The first-order chi connectivity index (χ1) is 9.43. The Balaban J connectivity index is 1.80. The van der Waals surface area contributed by atoms with Crippen LogP contribution in [-0.2, 0) is 0 Å². The van der Waals surface area contributed by atoms with Crippen molar-refractivity contribution >= 4 is 37.4 Å². The van der Waals surface area contributed by atoms with Gasteiger partial charge in [0.05, 0.1) is 0 Å². The molecule has 0 N–H and O–H groups in total. The van der Waals surface area contributed by atoms with Crippen LogP contribution in [0.25, 0.3) is 11.0 Å².